The van der Waals surface area contributed by atoms with Gasteiger partial charge in [-0.25, -0.2) is 0 Å². The lowest BCUT2D eigenvalue weighted by molar-refractivity contribution is -0.923. The molecule has 0 radical (unpaired) electrons. The van der Waals surface area contributed by atoms with Crippen LogP contribution in [-0.4, -0.2) is 43.4 Å². The van der Waals surface area contributed by atoms with Crippen LogP contribution >= 0.6 is 0 Å². The van der Waals surface area contributed by atoms with Gasteiger partial charge in [0.1, 0.15) is 18.8 Å². The van der Waals surface area contributed by atoms with Crippen molar-refractivity contribution in [1.29, 1.82) is 0 Å². The van der Waals surface area contributed by atoms with Crippen molar-refractivity contribution in [1.82, 2.24) is 0 Å². The Morgan fingerprint density at radius 1 is 0.750 bits per heavy atom. The molecule has 28 heavy (non-hydrogen) atoms. The minimum absolute atomic E-state index is 0.255. The highest BCUT2D eigenvalue weighted by atomic mass is 16.5. The van der Waals surface area contributed by atoms with Crippen molar-refractivity contribution in [3.05, 3.63) is 29.8 Å². The zero-order chi connectivity index (χ0) is 20.5. The second-order valence-electron chi connectivity index (χ2n) is 8.69. The predicted molar refractivity (Wildman–Crippen MR) is 121 cm³/mol. The second-order valence-corrected chi connectivity index (χ2v) is 8.69. The summed E-state index contributed by atoms with van der Waals surface area (Å²) in [6, 6.07) is 8.36. The molecule has 1 aromatic carbocycles. The van der Waals surface area contributed by atoms with Crippen molar-refractivity contribution in [3.8, 4) is 5.75 Å². The molecule has 0 heterocycles. The third-order valence-corrected chi connectivity index (χ3v) is 5.91. The van der Waals surface area contributed by atoms with Crippen molar-refractivity contribution in [2.45, 2.75) is 90.5 Å². The van der Waals surface area contributed by atoms with Crippen LogP contribution in [0.15, 0.2) is 24.3 Å². The quantitative estimate of drug-likeness (QED) is 0.233. The number of quaternary nitrogens is 1. The number of benzene rings is 1. The fourth-order valence-corrected chi connectivity index (χ4v) is 4.02. The number of methoxy groups -OCH3 is 1. The molecule has 0 aliphatic heterocycles. The molecule has 1 N–H and O–H groups in total. The molecule has 162 valence electrons. The lowest BCUT2D eigenvalue weighted by Gasteiger charge is -2.34. The van der Waals surface area contributed by atoms with Crippen LogP contribution in [0.4, 0.5) is 0 Å². The van der Waals surface area contributed by atoms with Gasteiger partial charge < -0.3 is 14.3 Å². The van der Waals surface area contributed by atoms with Crippen LogP contribution in [-0.2, 0) is 6.54 Å². The highest BCUT2D eigenvalue weighted by Crippen LogP contribution is 2.18. The van der Waals surface area contributed by atoms with E-state index in [4.69, 9.17) is 4.74 Å². The van der Waals surface area contributed by atoms with Crippen LogP contribution < -0.4 is 4.74 Å². The Morgan fingerprint density at radius 3 is 1.71 bits per heavy atom. The maximum atomic E-state index is 9.52. The van der Waals surface area contributed by atoms with E-state index in [0.29, 0.717) is 0 Å². The number of aliphatic hydroxyl groups is 1. The molecular weight excluding hydrogens is 346 g/mol. The van der Waals surface area contributed by atoms with E-state index >= 15 is 0 Å². The van der Waals surface area contributed by atoms with Gasteiger partial charge in [0.05, 0.1) is 27.3 Å². The lowest BCUT2D eigenvalue weighted by atomic mass is 10.0. The summed E-state index contributed by atoms with van der Waals surface area (Å²) in [5.41, 5.74) is 1.32. The first kappa shape index (κ1) is 25.0. The Balaban J connectivity index is 2.15. The molecule has 0 fully saturated rings. The third kappa shape index (κ3) is 11.7. The molecule has 0 saturated carbocycles. The number of hydrogen-bond donors (Lipinski definition) is 1. The van der Waals surface area contributed by atoms with E-state index in [1.807, 2.05) is 12.1 Å². The first-order valence-electron chi connectivity index (χ1n) is 11.7. The minimum Gasteiger partial charge on any atom is -0.497 e. The van der Waals surface area contributed by atoms with E-state index in [2.05, 4.69) is 26.1 Å². The van der Waals surface area contributed by atoms with Gasteiger partial charge in [-0.3, -0.25) is 0 Å². The van der Waals surface area contributed by atoms with Crippen LogP contribution in [0.5, 0.6) is 5.75 Å². The molecule has 0 aliphatic rings. The van der Waals surface area contributed by atoms with E-state index in [1.54, 1.807) is 7.11 Å². The average Bonchev–Trinajstić information content (AvgIpc) is 2.69. The van der Waals surface area contributed by atoms with E-state index in [9.17, 15) is 5.11 Å². The number of nitrogens with zero attached hydrogens (tertiary/aromatic N) is 1. The molecule has 1 atom stereocenters. The van der Waals surface area contributed by atoms with Crippen LogP contribution in [0, 0.1) is 0 Å². The molecule has 0 spiro atoms. The van der Waals surface area contributed by atoms with Gasteiger partial charge in [-0.2, -0.15) is 0 Å². The zero-order valence-corrected chi connectivity index (χ0v) is 18.9. The van der Waals surface area contributed by atoms with Crippen LogP contribution in [0.1, 0.15) is 89.5 Å². The molecule has 3 heteroatoms. The summed E-state index contributed by atoms with van der Waals surface area (Å²) in [5.74, 6) is 0.904. The number of hydrogen-bond acceptors (Lipinski definition) is 2. The first-order valence-corrected chi connectivity index (χ1v) is 11.7. The van der Waals surface area contributed by atoms with Crippen LogP contribution in [0.2, 0.25) is 0 Å². The third-order valence-electron chi connectivity index (χ3n) is 5.91. The normalized spacial score (nSPS) is 13.4. The highest BCUT2D eigenvalue weighted by Gasteiger charge is 2.21. The van der Waals surface area contributed by atoms with Gasteiger partial charge in [-0.05, 0) is 37.1 Å². The maximum Gasteiger partial charge on any atom is 0.118 e. The molecular formula is C25H46NO2+. The van der Waals surface area contributed by atoms with Gasteiger partial charge in [0, 0.05) is 5.56 Å². The Labute approximate surface area is 174 Å². The summed E-state index contributed by atoms with van der Waals surface area (Å²) in [5, 5.41) is 9.52. The molecule has 0 amide bonds. The number of likely N-dealkylation sites (N-methyl/N-ethyl adjacent to an activating group) is 1. The number of ether oxygens (including phenoxy) is 1. The Hall–Kier alpha value is -1.06. The van der Waals surface area contributed by atoms with Crippen molar-refractivity contribution >= 4 is 0 Å². The van der Waals surface area contributed by atoms with Gasteiger partial charge in [-0.1, -0.05) is 71.1 Å². The first-order chi connectivity index (χ1) is 13.6. The Morgan fingerprint density at radius 2 is 1.25 bits per heavy atom. The van der Waals surface area contributed by atoms with E-state index in [1.165, 1.54) is 82.6 Å². The fraction of sp³-hybridized carbons (Fsp3) is 0.760. The number of aliphatic hydroxyl groups excluding tert-OH is 1. The Bertz CT molecular complexity index is 474. The molecule has 3 nitrogen and oxygen atoms in total. The Kier molecular flexibility index (Phi) is 14.1. The van der Waals surface area contributed by atoms with Gasteiger partial charge in [0.25, 0.3) is 0 Å². The van der Waals surface area contributed by atoms with Crippen molar-refractivity contribution in [3.63, 3.8) is 0 Å². The van der Waals surface area contributed by atoms with Crippen molar-refractivity contribution in [2.75, 3.05) is 33.9 Å². The van der Waals surface area contributed by atoms with Gasteiger partial charge in [-0.15, -0.1) is 0 Å². The van der Waals surface area contributed by atoms with Crippen molar-refractivity contribution < 1.29 is 14.3 Å². The molecule has 0 saturated heterocycles. The number of unbranched alkanes of at least 4 members (excludes halogenated alkanes) is 11. The van der Waals surface area contributed by atoms with Crippen molar-refractivity contribution in [2.24, 2.45) is 0 Å². The predicted octanol–water partition coefficient (Wildman–Crippen LogP) is 6.34. The second kappa shape index (κ2) is 15.8. The summed E-state index contributed by atoms with van der Waals surface area (Å²) in [4.78, 5) is 0. The smallest absolute Gasteiger partial charge is 0.118 e. The largest absolute Gasteiger partial charge is 0.497 e. The molecule has 1 rings (SSSR count). The summed E-state index contributed by atoms with van der Waals surface area (Å²) in [6.45, 7) is 5.48. The molecule has 1 unspecified atom stereocenters. The van der Waals surface area contributed by atoms with Crippen LogP contribution in [0.25, 0.3) is 0 Å². The van der Waals surface area contributed by atoms with Crippen LogP contribution in [0.3, 0.4) is 0 Å². The molecule has 1 aromatic rings. The SMILES string of the molecule is CCCCCCCCCCCCCC[N+](C)(CCO)Cc1ccc(OC)cc1. The van der Waals surface area contributed by atoms with Gasteiger partial charge in [0.15, 0.2) is 0 Å². The minimum atomic E-state index is 0.255. The number of rotatable bonds is 18. The summed E-state index contributed by atoms with van der Waals surface area (Å²) >= 11 is 0. The zero-order valence-electron chi connectivity index (χ0n) is 18.9. The standard InChI is InChI=1S/C25H46NO2/c1-4-5-6-7-8-9-10-11-12-13-14-15-20-26(2,21-22-27)23-24-16-18-25(28-3)19-17-24/h16-19,27H,4-15,20-23H2,1-3H3/q+1. The molecule has 0 bridgehead atoms. The van der Waals surface area contributed by atoms with Gasteiger partial charge >= 0.3 is 0 Å². The van der Waals surface area contributed by atoms with E-state index in [0.717, 1.165) is 29.9 Å². The maximum absolute atomic E-state index is 9.52. The summed E-state index contributed by atoms with van der Waals surface area (Å²) < 4.78 is 6.17. The highest BCUT2D eigenvalue weighted by molar-refractivity contribution is 5.26. The monoisotopic (exact) mass is 392 g/mol. The van der Waals surface area contributed by atoms with Gasteiger partial charge in [0.2, 0.25) is 0 Å². The average molecular weight is 393 g/mol. The summed E-state index contributed by atoms with van der Waals surface area (Å²) in [6.07, 6.45) is 16.6. The molecule has 0 aromatic heterocycles. The van der Waals surface area contributed by atoms with E-state index < -0.39 is 0 Å². The lowest BCUT2D eigenvalue weighted by Crippen LogP contribution is -2.46. The fourth-order valence-electron chi connectivity index (χ4n) is 4.02. The topological polar surface area (TPSA) is 29.5 Å². The summed E-state index contributed by atoms with van der Waals surface area (Å²) in [7, 11) is 3.98. The van der Waals surface area contributed by atoms with E-state index in [-0.39, 0.29) is 6.61 Å². The molecule has 0 aliphatic carbocycles.